The SMILES string of the molecule is NNC(c1cccnc1N)C1CC1. The highest BCUT2D eigenvalue weighted by Crippen LogP contribution is 2.41. The van der Waals surface area contributed by atoms with Gasteiger partial charge in [0, 0.05) is 11.8 Å². The van der Waals surface area contributed by atoms with Crippen LogP contribution in [0.4, 0.5) is 5.82 Å². The van der Waals surface area contributed by atoms with E-state index in [-0.39, 0.29) is 6.04 Å². The maximum Gasteiger partial charge on any atom is 0.128 e. The van der Waals surface area contributed by atoms with Crippen LogP contribution in [0.15, 0.2) is 18.3 Å². The Morgan fingerprint density at radius 1 is 1.54 bits per heavy atom. The van der Waals surface area contributed by atoms with Gasteiger partial charge in [0.15, 0.2) is 0 Å². The molecule has 5 N–H and O–H groups in total. The Labute approximate surface area is 77.3 Å². The van der Waals surface area contributed by atoms with Gasteiger partial charge in [0.05, 0.1) is 6.04 Å². The van der Waals surface area contributed by atoms with E-state index < -0.39 is 0 Å². The van der Waals surface area contributed by atoms with E-state index >= 15 is 0 Å². The summed E-state index contributed by atoms with van der Waals surface area (Å²) in [5.74, 6) is 6.70. The fraction of sp³-hybridized carbons (Fsp3) is 0.444. The average Bonchev–Trinajstić information content (AvgIpc) is 2.93. The second-order valence-electron chi connectivity index (χ2n) is 3.46. The Hall–Kier alpha value is -1.13. The third-order valence-electron chi connectivity index (χ3n) is 2.48. The molecule has 0 bridgehead atoms. The number of nitrogen functional groups attached to an aromatic ring is 1. The minimum absolute atomic E-state index is 0.175. The summed E-state index contributed by atoms with van der Waals surface area (Å²) in [5.41, 5.74) is 9.58. The molecule has 4 nitrogen and oxygen atoms in total. The highest BCUT2D eigenvalue weighted by atomic mass is 15.2. The zero-order valence-corrected chi connectivity index (χ0v) is 7.40. The lowest BCUT2D eigenvalue weighted by atomic mass is 10.0. The average molecular weight is 178 g/mol. The molecule has 1 fully saturated rings. The number of nitrogens with zero attached hydrogens (tertiary/aromatic N) is 1. The predicted octanol–water partition coefficient (Wildman–Crippen LogP) is 0.578. The molecule has 1 aliphatic rings. The van der Waals surface area contributed by atoms with E-state index in [0.717, 1.165) is 5.56 Å². The Morgan fingerprint density at radius 2 is 2.31 bits per heavy atom. The second kappa shape index (κ2) is 3.32. The van der Waals surface area contributed by atoms with Gasteiger partial charge in [-0.2, -0.15) is 0 Å². The van der Waals surface area contributed by atoms with E-state index in [0.29, 0.717) is 11.7 Å². The van der Waals surface area contributed by atoms with Gasteiger partial charge in [-0.1, -0.05) is 6.07 Å². The van der Waals surface area contributed by atoms with Gasteiger partial charge in [-0.05, 0) is 24.8 Å². The summed E-state index contributed by atoms with van der Waals surface area (Å²) in [6.45, 7) is 0. The largest absolute Gasteiger partial charge is 0.383 e. The zero-order chi connectivity index (χ0) is 9.26. The molecule has 0 saturated heterocycles. The number of hydrazine groups is 1. The van der Waals surface area contributed by atoms with Crippen LogP contribution in [0.1, 0.15) is 24.4 Å². The van der Waals surface area contributed by atoms with Gasteiger partial charge < -0.3 is 5.73 Å². The summed E-state index contributed by atoms with van der Waals surface area (Å²) in [4.78, 5) is 4.04. The summed E-state index contributed by atoms with van der Waals surface area (Å²) < 4.78 is 0. The first-order chi connectivity index (χ1) is 6.33. The molecule has 1 aliphatic carbocycles. The molecule has 70 valence electrons. The number of hydrogen-bond donors (Lipinski definition) is 3. The third-order valence-corrected chi connectivity index (χ3v) is 2.48. The quantitative estimate of drug-likeness (QED) is 0.467. The Bertz CT molecular complexity index is 295. The summed E-state index contributed by atoms with van der Waals surface area (Å²) in [7, 11) is 0. The Balaban J connectivity index is 2.26. The molecule has 0 amide bonds. The molecule has 1 heterocycles. The van der Waals surface area contributed by atoms with E-state index in [1.54, 1.807) is 6.20 Å². The van der Waals surface area contributed by atoms with Crippen molar-refractivity contribution < 1.29 is 0 Å². The molecule has 0 spiro atoms. The molecule has 1 unspecified atom stereocenters. The van der Waals surface area contributed by atoms with Gasteiger partial charge in [0.25, 0.3) is 0 Å². The number of nitrogens with two attached hydrogens (primary N) is 2. The van der Waals surface area contributed by atoms with Crippen LogP contribution in [0.25, 0.3) is 0 Å². The van der Waals surface area contributed by atoms with Crippen LogP contribution in [0.3, 0.4) is 0 Å². The third kappa shape index (κ3) is 1.64. The van der Waals surface area contributed by atoms with Crippen LogP contribution >= 0.6 is 0 Å². The molecule has 1 aromatic rings. The zero-order valence-electron chi connectivity index (χ0n) is 7.40. The smallest absolute Gasteiger partial charge is 0.128 e. The van der Waals surface area contributed by atoms with Gasteiger partial charge >= 0.3 is 0 Å². The molecule has 4 heteroatoms. The lowest BCUT2D eigenvalue weighted by Gasteiger charge is -2.16. The predicted molar refractivity (Wildman–Crippen MR) is 51.4 cm³/mol. The summed E-state index contributed by atoms with van der Waals surface area (Å²) >= 11 is 0. The minimum atomic E-state index is 0.175. The molecule has 2 rings (SSSR count). The van der Waals surface area contributed by atoms with E-state index in [9.17, 15) is 0 Å². The highest BCUT2D eigenvalue weighted by Gasteiger charge is 2.32. The van der Waals surface area contributed by atoms with Crippen molar-refractivity contribution in [1.82, 2.24) is 10.4 Å². The van der Waals surface area contributed by atoms with Crippen LogP contribution in [0.5, 0.6) is 0 Å². The van der Waals surface area contributed by atoms with Crippen LogP contribution in [0.2, 0.25) is 0 Å². The minimum Gasteiger partial charge on any atom is -0.383 e. The Morgan fingerprint density at radius 3 is 2.85 bits per heavy atom. The maximum atomic E-state index is 5.76. The van der Waals surface area contributed by atoms with Crippen molar-refractivity contribution in [3.63, 3.8) is 0 Å². The van der Waals surface area contributed by atoms with Crippen LogP contribution in [-0.2, 0) is 0 Å². The monoisotopic (exact) mass is 178 g/mol. The first kappa shape index (κ1) is 8.47. The lowest BCUT2D eigenvalue weighted by molar-refractivity contribution is 0.497. The molecule has 1 atom stereocenters. The van der Waals surface area contributed by atoms with Gasteiger partial charge in [-0.3, -0.25) is 11.3 Å². The number of aromatic nitrogens is 1. The van der Waals surface area contributed by atoms with Gasteiger partial charge in [0.2, 0.25) is 0 Å². The molecular weight excluding hydrogens is 164 g/mol. The molecule has 13 heavy (non-hydrogen) atoms. The van der Waals surface area contributed by atoms with Crippen LogP contribution in [0, 0.1) is 5.92 Å². The van der Waals surface area contributed by atoms with Crippen molar-refractivity contribution in [2.75, 3.05) is 5.73 Å². The molecule has 0 aromatic carbocycles. The maximum absolute atomic E-state index is 5.76. The normalized spacial score (nSPS) is 18.5. The van der Waals surface area contributed by atoms with Crippen molar-refractivity contribution >= 4 is 5.82 Å². The first-order valence-corrected chi connectivity index (χ1v) is 4.49. The van der Waals surface area contributed by atoms with Crippen molar-refractivity contribution in [3.05, 3.63) is 23.9 Å². The second-order valence-corrected chi connectivity index (χ2v) is 3.46. The fourth-order valence-corrected chi connectivity index (χ4v) is 1.60. The number of rotatable bonds is 3. The Kier molecular flexibility index (Phi) is 2.16. The van der Waals surface area contributed by atoms with Crippen molar-refractivity contribution in [3.8, 4) is 0 Å². The van der Waals surface area contributed by atoms with E-state index in [4.69, 9.17) is 11.6 Å². The van der Waals surface area contributed by atoms with Crippen molar-refractivity contribution in [2.45, 2.75) is 18.9 Å². The number of anilines is 1. The van der Waals surface area contributed by atoms with Crippen LogP contribution in [-0.4, -0.2) is 4.98 Å². The summed E-state index contributed by atoms with van der Waals surface area (Å²) in [6, 6.07) is 4.04. The first-order valence-electron chi connectivity index (χ1n) is 4.49. The van der Waals surface area contributed by atoms with Gasteiger partial charge in [-0.15, -0.1) is 0 Å². The van der Waals surface area contributed by atoms with Crippen molar-refractivity contribution in [2.24, 2.45) is 11.8 Å². The lowest BCUT2D eigenvalue weighted by Crippen LogP contribution is -2.30. The van der Waals surface area contributed by atoms with E-state index in [1.165, 1.54) is 12.8 Å². The standard InChI is InChI=1S/C9H14N4/c10-9-7(2-1-5-12-9)8(13-11)6-3-4-6/h1-2,5-6,8,13H,3-4,11H2,(H2,10,12). The molecule has 1 saturated carbocycles. The topological polar surface area (TPSA) is 77.0 Å². The summed E-state index contributed by atoms with van der Waals surface area (Å²) in [6.07, 6.45) is 4.14. The van der Waals surface area contributed by atoms with E-state index in [2.05, 4.69) is 10.4 Å². The van der Waals surface area contributed by atoms with Crippen LogP contribution < -0.4 is 17.0 Å². The summed E-state index contributed by atoms with van der Waals surface area (Å²) in [5, 5.41) is 0. The number of nitrogens with one attached hydrogen (secondary N) is 1. The molecule has 0 radical (unpaired) electrons. The van der Waals surface area contributed by atoms with Gasteiger partial charge in [-0.25, -0.2) is 4.98 Å². The molecule has 0 aliphatic heterocycles. The highest BCUT2D eigenvalue weighted by molar-refractivity contribution is 5.41. The number of pyridine rings is 1. The van der Waals surface area contributed by atoms with Gasteiger partial charge in [0.1, 0.15) is 5.82 Å². The fourth-order valence-electron chi connectivity index (χ4n) is 1.60. The molecular formula is C9H14N4. The van der Waals surface area contributed by atoms with E-state index in [1.807, 2.05) is 12.1 Å². The number of hydrogen-bond acceptors (Lipinski definition) is 4. The molecule has 1 aromatic heterocycles. The van der Waals surface area contributed by atoms with Crippen molar-refractivity contribution in [1.29, 1.82) is 0 Å².